The highest BCUT2D eigenvalue weighted by molar-refractivity contribution is 6.48. The molecule has 13 heteroatoms. The summed E-state index contributed by atoms with van der Waals surface area (Å²) in [6.07, 6.45) is -9.40. The lowest BCUT2D eigenvalue weighted by atomic mass is 9.92. The highest BCUT2D eigenvalue weighted by Crippen LogP contribution is 2.43. The minimum atomic E-state index is -5.16. The second kappa shape index (κ2) is 12.5. The van der Waals surface area contributed by atoms with Gasteiger partial charge in [0.15, 0.2) is 5.78 Å². The summed E-state index contributed by atoms with van der Waals surface area (Å²) in [6, 6.07) is 3.25. The molecule has 0 spiro atoms. The molecular weight excluding hydrogens is 586 g/mol. The molecule has 1 N–H and O–H groups in total. The first kappa shape index (κ1) is 31.7. The maximum Gasteiger partial charge on any atom is 0.417 e. The molecule has 0 aliphatic rings. The molecule has 2 atom stereocenters. The molecule has 2 aromatic carbocycles. The van der Waals surface area contributed by atoms with E-state index >= 15 is 0 Å². The largest absolute Gasteiger partial charge is 0.417 e. The van der Waals surface area contributed by atoms with Crippen LogP contribution >= 0.6 is 34.8 Å². The second-order valence-electron chi connectivity index (χ2n) is 8.15. The third-order valence-electron chi connectivity index (χ3n) is 5.29. The molecule has 206 valence electrons. The lowest BCUT2D eigenvalue weighted by Gasteiger charge is -2.19. The van der Waals surface area contributed by atoms with E-state index in [-0.39, 0.29) is 33.8 Å². The summed E-state index contributed by atoms with van der Waals surface area (Å²) in [5.74, 6) is -6.94. The Bertz CT molecular complexity index is 1230. The average Bonchev–Trinajstić information content (AvgIpc) is 2.82. The van der Waals surface area contributed by atoms with Gasteiger partial charge in [0, 0.05) is 30.0 Å². The van der Waals surface area contributed by atoms with Crippen LogP contribution in [0.5, 0.6) is 0 Å². The molecule has 38 heavy (non-hydrogen) atoms. The van der Waals surface area contributed by atoms with E-state index < -0.39 is 70.4 Å². The fourth-order valence-corrected chi connectivity index (χ4v) is 3.99. The second-order valence-corrected chi connectivity index (χ2v) is 9.35. The summed E-state index contributed by atoms with van der Waals surface area (Å²) in [4.78, 5) is 24.5. The lowest BCUT2D eigenvalue weighted by molar-refractivity contribution is -0.140. The molecule has 0 radical (unpaired) electrons. The quantitative estimate of drug-likeness (QED) is 0.135. The van der Waals surface area contributed by atoms with Crippen LogP contribution < -0.4 is 5.32 Å². The van der Waals surface area contributed by atoms with Gasteiger partial charge >= 0.3 is 12.4 Å². The number of halogens is 10. The van der Waals surface area contributed by atoms with Crippen LogP contribution in [0.1, 0.15) is 46.3 Å². The maximum atomic E-state index is 15.0. The molecule has 0 bridgehead atoms. The number of amides is 1. The van der Waals surface area contributed by atoms with Gasteiger partial charge in [-0.2, -0.15) is 26.3 Å². The molecule has 0 aromatic heterocycles. The van der Waals surface area contributed by atoms with Gasteiger partial charge in [-0.25, -0.2) is 4.39 Å². The van der Waals surface area contributed by atoms with Crippen molar-refractivity contribution in [2.45, 2.75) is 31.6 Å². The molecule has 0 saturated heterocycles. The van der Waals surface area contributed by atoms with Crippen LogP contribution in [-0.4, -0.2) is 24.4 Å². The Morgan fingerprint density at radius 3 is 2.11 bits per heavy atom. The maximum absolute atomic E-state index is 15.0. The number of benzene rings is 2. The predicted octanol–water partition coefficient (Wildman–Crippen LogP) is 8.83. The van der Waals surface area contributed by atoms with Crippen LogP contribution in [0.15, 0.2) is 49.1 Å². The molecule has 0 aliphatic heterocycles. The topological polar surface area (TPSA) is 46.2 Å². The van der Waals surface area contributed by atoms with E-state index in [0.29, 0.717) is 6.07 Å². The van der Waals surface area contributed by atoms with Crippen LogP contribution in [0, 0.1) is 5.92 Å². The zero-order valence-electron chi connectivity index (χ0n) is 19.4. The first-order valence-electron chi connectivity index (χ1n) is 10.7. The molecule has 2 aromatic rings. The zero-order chi connectivity index (χ0) is 29.0. The van der Waals surface area contributed by atoms with Crippen molar-refractivity contribution >= 4 is 52.3 Å². The van der Waals surface area contributed by atoms with Gasteiger partial charge in [0.2, 0.25) is 5.91 Å². The van der Waals surface area contributed by atoms with Crippen LogP contribution in [0.2, 0.25) is 15.1 Å². The van der Waals surface area contributed by atoms with E-state index in [4.69, 9.17) is 34.8 Å². The number of nitrogens with one attached hydrogen (secondary N) is 1. The fourth-order valence-electron chi connectivity index (χ4n) is 3.38. The summed E-state index contributed by atoms with van der Waals surface area (Å²) in [5.41, 5.74) is -3.88. The SMILES string of the molecule is C=CCNC(=O)[C@@H](C)CC(=O)c1ccc(/C(F)=C/C(c2cc(Cl)c(Cl)c(Cl)c2)C(F)(F)F)cc1C(F)(F)F. The minimum absolute atomic E-state index is 0.0683. The van der Waals surface area contributed by atoms with Gasteiger partial charge in [0.25, 0.3) is 0 Å². The Morgan fingerprint density at radius 2 is 1.61 bits per heavy atom. The first-order chi connectivity index (χ1) is 17.5. The van der Waals surface area contributed by atoms with Crippen LogP contribution in [-0.2, 0) is 11.0 Å². The van der Waals surface area contributed by atoms with Gasteiger partial charge in [-0.15, -0.1) is 6.58 Å². The number of rotatable bonds is 9. The van der Waals surface area contributed by atoms with E-state index in [9.17, 15) is 40.3 Å². The standard InChI is InChI=1S/C25H19Cl3F7NO2/c1-3-6-36-23(38)12(2)7-21(37)15-5-4-13(8-17(15)25(33,34)35)20(29)11-16(24(30,31)32)14-9-18(26)22(28)19(27)10-14/h3-5,8-12,16H,1,6-7H2,2H3,(H,36,38)/b20-11-/t12-,16?/m0/s1. The van der Waals surface area contributed by atoms with Crippen molar-refractivity contribution in [2.75, 3.05) is 6.54 Å². The van der Waals surface area contributed by atoms with E-state index in [2.05, 4.69) is 11.9 Å². The summed E-state index contributed by atoms with van der Waals surface area (Å²) >= 11 is 17.3. The van der Waals surface area contributed by atoms with Crippen LogP contribution in [0.4, 0.5) is 30.7 Å². The zero-order valence-corrected chi connectivity index (χ0v) is 21.7. The Kier molecular flexibility index (Phi) is 10.4. The van der Waals surface area contributed by atoms with Gasteiger partial charge in [-0.05, 0) is 29.8 Å². The molecule has 0 fully saturated rings. The van der Waals surface area contributed by atoms with Crippen molar-refractivity contribution in [3.05, 3.63) is 86.4 Å². The van der Waals surface area contributed by atoms with Gasteiger partial charge in [-0.3, -0.25) is 9.59 Å². The Labute approximate surface area is 228 Å². The Hall–Kier alpha value is -2.56. The molecule has 1 unspecified atom stereocenters. The van der Waals surface area contributed by atoms with Gasteiger partial charge in [0.1, 0.15) is 11.7 Å². The summed E-state index contributed by atoms with van der Waals surface area (Å²) in [6.45, 7) is 4.81. The number of allylic oxidation sites excluding steroid dienone is 1. The Balaban J connectivity index is 2.50. The number of carbonyl (C=O) groups excluding carboxylic acids is 2. The average molecular weight is 605 g/mol. The van der Waals surface area contributed by atoms with Crippen molar-refractivity contribution < 1.29 is 40.3 Å². The third kappa shape index (κ3) is 7.97. The first-order valence-corrected chi connectivity index (χ1v) is 11.8. The van der Waals surface area contributed by atoms with E-state index in [1.54, 1.807) is 0 Å². The molecule has 2 rings (SSSR count). The molecule has 0 aliphatic carbocycles. The molecule has 1 amide bonds. The highest BCUT2D eigenvalue weighted by Gasteiger charge is 2.41. The van der Waals surface area contributed by atoms with E-state index in [0.717, 1.165) is 18.2 Å². The van der Waals surface area contributed by atoms with Crippen LogP contribution in [0.3, 0.4) is 0 Å². The molecule has 3 nitrogen and oxygen atoms in total. The van der Waals surface area contributed by atoms with Gasteiger partial charge in [-0.1, -0.05) is 59.9 Å². The smallest absolute Gasteiger partial charge is 0.352 e. The van der Waals surface area contributed by atoms with Gasteiger partial charge in [0.05, 0.1) is 20.6 Å². The highest BCUT2D eigenvalue weighted by atomic mass is 35.5. The third-order valence-corrected chi connectivity index (χ3v) is 6.49. The van der Waals surface area contributed by atoms with Crippen LogP contribution in [0.25, 0.3) is 5.83 Å². The lowest BCUT2D eigenvalue weighted by Crippen LogP contribution is -2.30. The number of hydrogen-bond donors (Lipinski definition) is 1. The van der Waals surface area contributed by atoms with E-state index in [1.807, 2.05) is 0 Å². The van der Waals surface area contributed by atoms with Crippen molar-refractivity contribution in [1.82, 2.24) is 5.32 Å². The van der Waals surface area contributed by atoms with Crippen molar-refractivity contribution in [3.63, 3.8) is 0 Å². The number of carbonyl (C=O) groups is 2. The number of Topliss-reactive ketones (excluding diaryl/α,β-unsaturated/α-hetero) is 1. The monoisotopic (exact) mass is 603 g/mol. The van der Waals surface area contributed by atoms with Gasteiger partial charge < -0.3 is 5.32 Å². The Morgan fingerprint density at radius 1 is 1.03 bits per heavy atom. The number of hydrogen-bond acceptors (Lipinski definition) is 2. The fraction of sp³-hybridized carbons (Fsp3) is 0.280. The molecule has 0 saturated carbocycles. The molecular formula is C25H19Cl3F7NO2. The predicted molar refractivity (Wildman–Crippen MR) is 132 cm³/mol. The van der Waals surface area contributed by atoms with Crippen molar-refractivity contribution in [1.29, 1.82) is 0 Å². The number of alkyl halides is 6. The van der Waals surface area contributed by atoms with Crippen molar-refractivity contribution in [2.24, 2.45) is 5.92 Å². The van der Waals surface area contributed by atoms with Crippen molar-refractivity contribution in [3.8, 4) is 0 Å². The minimum Gasteiger partial charge on any atom is -0.352 e. The summed E-state index contributed by atoms with van der Waals surface area (Å²) in [5, 5.41) is 1.49. The van der Waals surface area contributed by atoms with E-state index in [1.165, 1.54) is 13.0 Å². The molecule has 0 heterocycles. The normalized spacial score (nSPS) is 14.1. The summed E-state index contributed by atoms with van der Waals surface area (Å²) in [7, 11) is 0. The summed E-state index contributed by atoms with van der Waals surface area (Å²) < 4.78 is 97.5. The number of ketones is 1.